The van der Waals surface area contributed by atoms with Crippen LogP contribution in [0.15, 0.2) is 29.3 Å². The summed E-state index contributed by atoms with van der Waals surface area (Å²) in [4.78, 5) is 18.1. The van der Waals surface area contributed by atoms with Gasteiger partial charge in [0.1, 0.15) is 0 Å². The van der Waals surface area contributed by atoms with Gasteiger partial charge in [-0.15, -0.1) is 0 Å². The van der Waals surface area contributed by atoms with Crippen LogP contribution in [-0.4, -0.2) is 43.4 Å². The molecule has 0 fully saturated rings. The van der Waals surface area contributed by atoms with Crippen LogP contribution in [0.2, 0.25) is 0 Å². The van der Waals surface area contributed by atoms with Crippen molar-refractivity contribution in [1.82, 2.24) is 15.5 Å². The summed E-state index contributed by atoms with van der Waals surface area (Å²) in [5, 5.41) is 6.21. The Kier molecular flexibility index (Phi) is 8.16. The highest BCUT2D eigenvalue weighted by molar-refractivity contribution is 5.81. The van der Waals surface area contributed by atoms with Gasteiger partial charge in [0.25, 0.3) is 0 Å². The number of aryl methyl sites for hydroxylation is 1. The van der Waals surface area contributed by atoms with Gasteiger partial charge < -0.3 is 15.5 Å². The maximum Gasteiger partial charge on any atom is 0.221 e. The second-order valence-electron chi connectivity index (χ2n) is 5.88. The molecule has 5 nitrogen and oxygen atoms in total. The molecule has 0 radical (unpaired) electrons. The van der Waals surface area contributed by atoms with E-state index in [0.717, 1.165) is 18.9 Å². The molecule has 0 aliphatic heterocycles. The molecule has 1 atom stereocenters. The zero-order valence-electron chi connectivity index (χ0n) is 15.0. The second kappa shape index (κ2) is 9.87. The summed E-state index contributed by atoms with van der Waals surface area (Å²) < 4.78 is 0. The molecular weight excluding hydrogens is 288 g/mol. The molecule has 2 N–H and O–H groups in total. The molecule has 5 heteroatoms. The number of benzene rings is 1. The molecule has 1 rings (SSSR count). The summed E-state index contributed by atoms with van der Waals surface area (Å²) in [6, 6.07) is 8.55. The van der Waals surface area contributed by atoms with Crippen LogP contribution < -0.4 is 10.6 Å². The highest BCUT2D eigenvalue weighted by Crippen LogP contribution is 2.09. The molecule has 0 aromatic heterocycles. The highest BCUT2D eigenvalue weighted by atomic mass is 16.1. The predicted octanol–water partition coefficient (Wildman–Crippen LogP) is 2.31. The van der Waals surface area contributed by atoms with Crippen molar-refractivity contribution >= 4 is 11.9 Å². The average Bonchev–Trinajstić information content (AvgIpc) is 2.53. The fourth-order valence-corrected chi connectivity index (χ4v) is 2.24. The molecule has 0 aliphatic rings. The summed E-state index contributed by atoms with van der Waals surface area (Å²) in [5.41, 5.74) is 2.54. The summed E-state index contributed by atoms with van der Waals surface area (Å²) in [6.07, 6.45) is 1.39. The van der Waals surface area contributed by atoms with Gasteiger partial charge in [0.2, 0.25) is 5.91 Å². The number of nitrogens with one attached hydrogen (secondary N) is 2. The van der Waals surface area contributed by atoms with Crippen LogP contribution in [0.25, 0.3) is 0 Å². The van der Waals surface area contributed by atoms with Crippen LogP contribution in [0.4, 0.5) is 0 Å². The Morgan fingerprint density at radius 1 is 1.35 bits per heavy atom. The van der Waals surface area contributed by atoms with Crippen molar-refractivity contribution in [3.8, 4) is 0 Å². The van der Waals surface area contributed by atoms with Gasteiger partial charge in [-0.25, -0.2) is 0 Å². The van der Waals surface area contributed by atoms with Crippen molar-refractivity contribution in [3.63, 3.8) is 0 Å². The van der Waals surface area contributed by atoms with Gasteiger partial charge in [-0.05, 0) is 31.4 Å². The van der Waals surface area contributed by atoms with E-state index in [1.54, 1.807) is 7.05 Å². The molecule has 1 amide bonds. The van der Waals surface area contributed by atoms with E-state index in [2.05, 4.69) is 46.5 Å². The smallest absolute Gasteiger partial charge is 0.221 e. The van der Waals surface area contributed by atoms with Crippen LogP contribution >= 0.6 is 0 Å². The van der Waals surface area contributed by atoms with Crippen molar-refractivity contribution in [2.24, 2.45) is 4.99 Å². The third-order valence-electron chi connectivity index (χ3n) is 3.90. The molecule has 23 heavy (non-hydrogen) atoms. The van der Waals surface area contributed by atoms with Crippen LogP contribution in [0, 0.1) is 6.92 Å². The lowest BCUT2D eigenvalue weighted by Gasteiger charge is -2.23. The number of aliphatic imine (C=N–C) groups is 1. The van der Waals surface area contributed by atoms with Crippen molar-refractivity contribution in [3.05, 3.63) is 35.4 Å². The first-order chi connectivity index (χ1) is 11.0. The van der Waals surface area contributed by atoms with E-state index in [4.69, 9.17) is 0 Å². The summed E-state index contributed by atoms with van der Waals surface area (Å²) in [6.45, 7) is 7.54. The molecule has 1 aromatic rings. The second-order valence-corrected chi connectivity index (χ2v) is 5.88. The van der Waals surface area contributed by atoms with E-state index in [-0.39, 0.29) is 11.9 Å². The molecule has 0 heterocycles. The fourth-order valence-electron chi connectivity index (χ4n) is 2.24. The molecule has 0 saturated heterocycles. The maximum atomic E-state index is 11.8. The number of hydrogen-bond donors (Lipinski definition) is 2. The Hall–Kier alpha value is -2.04. The average molecular weight is 318 g/mol. The van der Waals surface area contributed by atoms with Crippen molar-refractivity contribution in [2.75, 3.05) is 20.6 Å². The van der Waals surface area contributed by atoms with Gasteiger partial charge in [-0.1, -0.05) is 31.2 Å². The summed E-state index contributed by atoms with van der Waals surface area (Å²) in [7, 11) is 3.76. The molecule has 0 saturated carbocycles. The van der Waals surface area contributed by atoms with Crippen molar-refractivity contribution in [1.29, 1.82) is 0 Å². The molecular formula is C18H30N4O. The minimum Gasteiger partial charge on any atom is -0.356 e. The predicted molar refractivity (Wildman–Crippen MR) is 96.5 cm³/mol. The zero-order chi connectivity index (χ0) is 17.2. The van der Waals surface area contributed by atoms with Gasteiger partial charge in [0, 0.05) is 39.6 Å². The number of rotatable bonds is 7. The SMILES string of the molecule is CCC(C)NC(=O)CCNC(=NC)N(C)Cc1ccccc1C. The van der Waals surface area contributed by atoms with E-state index in [9.17, 15) is 4.79 Å². The Balaban J connectivity index is 2.45. The van der Waals surface area contributed by atoms with Crippen molar-refractivity contribution in [2.45, 2.75) is 46.2 Å². The minimum absolute atomic E-state index is 0.0730. The third-order valence-corrected chi connectivity index (χ3v) is 3.90. The molecule has 1 unspecified atom stereocenters. The normalized spacial score (nSPS) is 12.7. The summed E-state index contributed by atoms with van der Waals surface area (Å²) >= 11 is 0. The van der Waals surface area contributed by atoms with Gasteiger partial charge in [-0.2, -0.15) is 0 Å². The molecule has 0 aliphatic carbocycles. The van der Waals surface area contributed by atoms with Gasteiger partial charge >= 0.3 is 0 Å². The lowest BCUT2D eigenvalue weighted by atomic mass is 10.1. The van der Waals surface area contributed by atoms with Gasteiger partial charge in [0.05, 0.1) is 0 Å². The molecule has 0 spiro atoms. The van der Waals surface area contributed by atoms with E-state index in [1.165, 1.54) is 11.1 Å². The quantitative estimate of drug-likeness (QED) is 0.599. The minimum atomic E-state index is 0.0730. The number of guanidine groups is 1. The number of amides is 1. The van der Waals surface area contributed by atoms with Gasteiger partial charge in [0.15, 0.2) is 5.96 Å². The van der Waals surface area contributed by atoms with E-state index in [1.807, 2.05) is 26.1 Å². The lowest BCUT2D eigenvalue weighted by Crippen LogP contribution is -2.41. The largest absolute Gasteiger partial charge is 0.356 e. The Morgan fingerprint density at radius 3 is 2.65 bits per heavy atom. The Morgan fingerprint density at radius 2 is 2.04 bits per heavy atom. The van der Waals surface area contributed by atoms with Crippen LogP contribution in [0.5, 0.6) is 0 Å². The topological polar surface area (TPSA) is 56.7 Å². The number of hydrogen-bond acceptors (Lipinski definition) is 2. The Labute approximate surface area is 140 Å². The van der Waals surface area contributed by atoms with Crippen LogP contribution in [0.1, 0.15) is 37.8 Å². The standard InChI is InChI=1S/C18H30N4O/c1-6-15(3)21-17(23)11-12-20-18(19-4)22(5)13-16-10-8-7-9-14(16)2/h7-10,15H,6,11-13H2,1-5H3,(H,19,20)(H,21,23). The molecule has 128 valence electrons. The lowest BCUT2D eigenvalue weighted by molar-refractivity contribution is -0.121. The monoisotopic (exact) mass is 318 g/mol. The van der Waals surface area contributed by atoms with Crippen molar-refractivity contribution < 1.29 is 4.79 Å². The first kappa shape index (κ1) is 19.0. The third kappa shape index (κ3) is 6.72. The number of carbonyl (C=O) groups is 1. The zero-order valence-corrected chi connectivity index (χ0v) is 15.0. The maximum absolute atomic E-state index is 11.8. The molecule has 1 aromatic carbocycles. The number of nitrogens with zero attached hydrogens (tertiary/aromatic N) is 2. The Bertz CT molecular complexity index is 528. The highest BCUT2D eigenvalue weighted by Gasteiger charge is 2.09. The molecule has 0 bridgehead atoms. The number of carbonyl (C=O) groups excluding carboxylic acids is 1. The fraction of sp³-hybridized carbons (Fsp3) is 0.556. The summed E-state index contributed by atoms with van der Waals surface area (Å²) in [5.74, 6) is 0.869. The van der Waals surface area contributed by atoms with E-state index < -0.39 is 0 Å². The first-order valence-corrected chi connectivity index (χ1v) is 8.23. The van der Waals surface area contributed by atoms with Crippen LogP contribution in [-0.2, 0) is 11.3 Å². The van der Waals surface area contributed by atoms with Crippen LogP contribution in [0.3, 0.4) is 0 Å². The van der Waals surface area contributed by atoms with Gasteiger partial charge in [-0.3, -0.25) is 9.79 Å². The van der Waals surface area contributed by atoms with E-state index in [0.29, 0.717) is 13.0 Å². The van der Waals surface area contributed by atoms with E-state index >= 15 is 0 Å². The first-order valence-electron chi connectivity index (χ1n) is 8.23.